The molecule has 2 atom stereocenters. The van der Waals surface area contributed by atoms with Crippen LogP contribution < -0.4 is 0 Å². The summed E-state index contributed by atoms with van der Waals surface area (Å²) in [6, 6.07) is 17.7. The number of ether oxygens (including phenoxy) is 3. The maximum Gasteiger partial charge on any atom is 0.253 e. The maximum atomic E-state index is 13.5. The minimum atomic E-state index is -0.575. The summed E-state index contributed by atoms with van der Waals surface area (Å²) in [6.45, 7) is 10.6. The molecule has 1 N–H and O–H groups in total. The van der Waals surface area contributed by atoms with E-state index in [0.29, 0.717) is 45.0 Å². The lowest BCUT2D eigenvalue weighted by Gasteiger charge is -2.37. The van der Waals surface area contributed by atoms with E-state index in [1.165, 1.54) is 0 Å². The molecule has 4 rings (SSSR count). The lowest BCUT2D eigenvalue weighted by Crippen LogP contribution is -2.52. The molecule has 8 nitrogen and oxygen atoms in total. The van der Waals surface area contributed by atoms with E-state index in [4.69, 9.17) is 14.2 Å². The molecule has 0 aromatic heterocycles. The summed E-state index contributed by atoms with van der Waals surface area (Å²) in [6.07, 6.45) is -0.681. The standard InChI is InChI=1S/C29H41N3O5/c1-24-7-9-26(10-8-24)29(34)32(12-11-30-13-16-35-17-14-30)21-28-20-31(15-18-37-28)19-27(33)23-36-22-25-5-3-2-4-6-25/h2-10,27-28,33H,11-23H2,1H3/t27-,28-/m1/s1. The number of aliphatic hydroxyl groups excluding tert-OH is 1. The van der Waals surface area contributed by atoms with E-state index >= 15 is 0 Å². The Morgan fingerprint density at radius 2 is 1.78 bits per heavy atom. The van der Waals surface area contributed by atoms with Gasteiger partial charge in [0, 0.05) is 57.9 Å². The lowest BCUT2D eigenvalue weighted by atomic mass is 10.1. The number of aryl methyl sites for hydroxylation is 1. The van der Waals surface area contributed by atoms with Gasteiger partial charge in [-0.05, 0) is 24.6 Å². The van der Waals surface area contributed by atoms with E-state index in [0.717, 1.165) is 50.5 Å². The van der Waals surface area contributed by atoms with Crippen molar-refractivity contribution in [3.05, 3.63) is 71.3 Å². The van der Waals surface area contributed by atoms with Crippen molar-refractivity contribution < 1.29 is 24.1 Å². The summed E-state index contributed by atoms with van der Waals surface area (Å²) >= 11 is 0. The maximum absolute atomic E-state index is 13.5. The molecule has 0 saturated carbocycles. The van der Waals surface area contributed by atoms with Crippen LogP contribution in [0.2, 0.25) is 0 Å². The predicted octanol–water partition coefficient (Wildman–Crippen LogP) is 2.05. The van der Waals surface area contributed by atoms with Gasteiger partial charge in [0.25, 0.3) is 5.91 Å². The Kier molecular flexibility index (Phi) is 10.9. The van der Waals surface area contributed by atoms with Gasteiger partial charge >= 0.3 is 0 Å². The van der Waals surface area contributed by atoms with Gasteiger partial charge < -0.3 is 24.2 Å². The van der Waals surface area contributed by atoms with Crippen molar-refractivity contribution in [2.45, 2.75) is 25.7 Å². The smallest absolute Gasteiger partial charge is 0.253 e. The van der Waals surface area contributed by atoms with Gasteiger partial charge in [0.05, 0.1) is 45.2 Å². The Balaban J connectivity index is 1.29. The molecule has 2 aromatic rings. The second-order valence-electron chi connectivity index (χ2n) is 9.98. The highest BCUT2D eigenvalue weighted by Crippen LogP contribution is 2.13. The Morgan fingerprint density at radius 1 is 1.05 bits per heavy atom. The van der Waals surface area contributed by atoms with E-state index in [1.54, 1.807) is 0 Å². The van der Waals surface area contributed by atoms with Crippen LogP contribution >= 0.6 is 0 Å². The Bertz CT molecular complexity index is 936. The Labute approximate surface area is 220 Å². The van der Waals surface area contributed by atoms with Crippen LogP contribution in [0.1, 0.15) is 21.5 Å². The van der Waals surface area contributed by atoms with E-state index in [-0.39, 0.29) is 18.6 Å². The monoisotopic (exact) mass is 511 g/mol. The highest BCUT2D eigenvalue weighted by atomic mass is 16.5. The number of rotatable bonds is 12. The van der Waals surface area contributed by atoms with Crippen molar-refractivity contribution in [2.75, 3.05) is 78.8 Å². The minimum Gasteiger partial charge on any atom is -0.389 e. The molecule has 2 aliphatic rings. The number of carbonyl (C=O) groups is 1. The molecule has 37 heavy (non-hydrogen) atoms. The van der Waals surface area contributed by atoms with Crippen LogP contribution in [0.25, 0.3) is 0 Å². The van der Waals surface area contributed by atoms with Crippen molar-refractivity contribution in [2.24, 2.45) is 0 Å². The van der Waals surface area contributed by atoms with Gasteiger partial charge in [-0.1, -0.05) is 48.0 Å². The summed E-state index contributed by atoms with van der Waals surface area (Å²) < 4.78 is 17.3. The molecule has 1 amide bonds. The van der Waals surface area contributed by atoms with Gasteiger partial charge in [-0.25, -0.2) is 0 Å². The van der Waals surface area contributed by atoms with Gasteiger partial charge in [-0.3, -0.25) is 14.6 Å². The number of hydrogen-bond donors (Lipinski definition) is 1. The van der Waals surface area contributed by atoms with Gasteiger partial charge in [0.15, 0.2) is 0 Å². The average molecular weight is 512 g/mol. The molecule has 2 fully saturated rings. The first-order valence-corrected chi connectivity index (χ1v) is 13.4. The van der Waals surface area contributed by atoms with Gasteiger partial charge in [0.1, 0.15) is 0 Å². The number of β-amino-alcohol motifs (C(OH)–C–C–N with tert-alkyl or cyclic N) is 1. The predicted molar refractivity (Wildman–Crippen MR) is 143 cm³/mol. The Hall–Kier alpha value is -2.33. The molecule has 2 saturated heterocycles. The molecular weight excluding hydrogens is 470 g/mol. The molecule has 2 aromatic carbocycles. The average Bonchev–Trinajstić information content (AvgIpc) is 2.92. The van der Waals surface area contributed by atoms with Gasteiger partial charge in [0.2, 0.25) is 0 Å². The molecule has 202 valence electrons. The zero-order valence-corrected chi connectivity index (χ0v) is 22.0. The fourth-order valence-corrected chi connectivity index (χ4v) is 4.78. The summed E-state index contributed by atoms with van der Waals surface area (Å²) in [4.78, 5) is 19.9. The van der Waals surface area contributed by atoms with Crippen molar-refractivity contribution in [3.63, 3.8) is 0 Å². The zero-order chi connectivity index (χ0) is 25.9. The first-order valence-electron chi connectivity index (χ1n) is 13.4. The molecular formula is C29H41N3O5. The summed E-state index contributed by atoms with van der Waals surface area (Å²) in [7, 11) is 0. The third-order valence-corrected chi connectivity index (χ3v) is 6.91. The lowest BCUT2D eigenvalue weighted by molar-refractivity contribution is -0.0604. The normalized spacial score (nSPS) is 20.0. The number of aliphatic hydroxyl groups is 1. The quantitative estimate of drug-likeness (QED) is 0.468. The first-order chi connectivity index (χ1) is 18.1. The second-order valence-corrected chi connectivity index (χ2v) is 9.98. The summed E-state index contributed by atoms with van der Waals surface area (Å²) in [5.41, 5.74) is 2.93. The second kappa shape index (κ2) is 14.6. The summed E-state index contributed by atoms with van der Waals surface area (Å²) in [5, 5.41) is 10.5. The molecule has 2 aliphatic heterocycles. The highest BCUT2D eigenvalue weighted by molar-refractivity contribution is 5.94. The number of benzene rings is 2. The molecule has 0 unspecified atom stereocenters. The molecule has 0 aliphatic carbocycles. The minimum absolute atomic E-state index is 0.0309. The molecule has 0 spiro atoms. The van der Waals surface area contributed by atoms with Gasteiger partial charge in [-0.15, -0.1) is 0 Å². The topological polar surface area (TPSA) is 74.7 Å². The van der Waals surface area contributed by atoms with E-state index in [2.05, 4.69) is 9.80 Å². The van der Waals surface area contributed by atoms with Crippen LogP contribution in [0.5, 0.6) is 0 Å². The fourth-order valence-electron chi connectivity index (χ4n) is 4.78. The first kappa shape index (κ1) is 27.7. The van der Waals surface area contributed by atoms with Gasteiger partial charge in [-0.2, -0.15) is 0 Å². The fraction of sp³-hybridized carbons (Fsp3) is 0.552. The zero-order valence-electron chi connectivity index (χ0n) is 22.0. The largest absolute Gasteiger partial charge is 0.389 e. The van der Waals surface area contributed by atoms with Crippen LogP contribution in [0.4, 0.5) is 0 Å². The van der Waals surface area contributed by atoms with E-state index in [1.807, 2.05) is 66.4 Å². The van der Waals surface area contributed by atoms with Crippen LogP contribution in [0.3, 0.4) is 0 Å². The van der Waals surface area contributed by atoms with Crippen LogP contribution in [-0.4, -0.2) is 117 Å². The highest BCUT2D eigenvalue weighted by Gasteiger charge is 2.27. The third kappa shape index (κ3) is 9.17. The number of amides is 1. The van der Waals surface area contributed by atoms with E-state index < -0.39 is 6.10 Å². The van der Waals surface area contributed by atoms with Crippen LogP contribution in [0, 0.1) is 6.92 Å². The van der Waals surface area contributed by atoms with Crippen LogP contribution in [0.15, 0.2) is 54.6 Å². The molecule has 8 heteroatoms. The summed E-state index contributed by atoms with van der Waals surface area (Å²) in [5.74, 6) is 0.0309. The Morgan fingerprint density at radius 3 is 2.54 bits per heavy atom. The number of hydrogen-bond acceptors (Lipinski definition) is 7. The third-order valence-electron chi connectivity index (χ3n) is 6.91. The molecule has 0 radical (unpaired) electrons. The van der Waals surface area contributed by atoms with Crippen molar-refractivity contribution in [3.8, 4) is 0 Å². The van der Waals surface area contributed by atoms with E-state index in [9.17, 15) is 9.90 Å². The van der Waals surface area contributed by atoms with Crippen LogP contribution in [-0.2, 0) is 20.8 Å². The van der Waals surface area contributed by atoms with Crippen molar-refractivity contribution in [1.29, 1.82) is 0 Å². The molecule has 2 heterocycles. The number of carbonyl (C=O) groups excluding carboxylic acids is 1. The van der Waals surface area contributed by atoms with Crippen molar-refractivity contribution in [1.82, 2.24) is 14.7 Å². The molecule has 0 bridgehead atoms. The van der Waals surface area contributed by atoms with Crippen molar-refractivity contribution >= 4 is 5.91 Å². The SMILES string of the molecule is Cc1ccc(C(=O)N(CCN2CCOCC2)C[C@H]2CN(C[C@@H](O)COCc3ccccc3)CCO2)cc1. The number of morpholine rings is 2. The number of nitrogens with zero attached hydrogens (tertiary/aromatic N) is 3.